The lowest BCUT2D eigenvalue weighted by atomic mass is 10.1. The molecule has 0 aromatic heterocycles. The van der Waals surface area contributed by atoms with Crippen LogP contribution >= 0.6 is 11.8 Å². The Labute approximate surface area is 128 Å². The Balaban J connectivity index is 1.68. The maximum Gasteiger partial charge on any atom is 0.224 e. The van der Waals surface area contributed by atoms with Crippen LogP contribution in [0.3, 0.4) is 0 Å². The van der Waals surface area contributed by atoms with E-state index in [4.69, 9.17) is 0 Å². The lowest BCUT2D eigenvalue weighted by Crippen LogP contribution is -2.27. The minimum atomic E-state index is -0.310. The molecule has 0 radical (unpaired) electrons. The number of hydrogen-bond acceptors (Lipinski definition) is 2. The van der Waals surface area contributed by atoms with Crippen molar-refractivity contribution in [2.75, 3.05) is 12.3 Å². The van der Waals surface area contributed by atoms with E-state index in [0.29, 0.717) is 12.1 Å². The van der Waals surface area contributed by atoms with Gasteiger partial charge >= 0.3 is 0 Å². The molecule has 0 aliphatic heterocycles. The van der Waals surface area contributed by atoms with Gasteiger partial charge in [-0.3, -0.25) is 4.79 Å². The summed E-state index contributed by atoms with van der Waals surface area (Å²) in [4.78, 5) is 12.9. The van der Waals surface area contributed by atoms with E-state index < -0.39 is 0 Å². The van der Waals surface area contributed by atoms with Crippen molar-refractivity contribution in [3.05, 3.63) is 65.5 Å². The summed E-state index contributed by atoms with van der Waals surface area (Å²) in [7, 11) is 0. The van der Waals surface area contributed by atoms with Gasteiger partial charge in [-0.1, -0.05) is 29.8 Å². The fourth-order valence-electron chi connectivity index (χ4n) is 1.89. The standard InChI is InChI=1S/C17H18FNOS/c1-13-5-7-16(8-6-13)21-10-9-19-17(20)12-14-3-2-4-15(18)11-14/h2-8,11H,9-10,12H2,1H3,(H,19,20). The second-order valence-electron chi connectivity index (χ2n) is 4.82. The second kappa shape index (κ2) is 7.84. The topological polar surface area (TPSA) is 29.1 Å². The van der Waals surface area contributed by atoms with Gasteiger partial charge in [0.05, 0.1) is 6.42 Å². The molecule has 4 heteroatoms. The van der Waals surface area contributed by atoms with Crippen molar-refractivity contribution in [3.63, 3.8) is 0 Å². The van der Waals surface area contributed by atoms with Crippen LogP contribution in [0.4, 0.5) is 4.39 Å². The van der Waals surface area contributed by atoms with Gasteiger partial charge in [-0.15, -0.1) is 11.8 Å². The van der Waals surface area contributed by atoms with Crippen LogP contribution in [0.5, 0.6) is 0 Å². The zero-order chi connectivity index (χ0) is 15.1. The maximum atomic E-state index is 13.0. The Hall–Kier alpha value is -1.81. The van der Waals surface area contributed by atoms with Crippen LogP contribution in [-0.2, 0) is 11.2 Å². The fraction of sp³-hybridized carbons (Fsp3) is 0.235. The van der Waals surface area contributed by atoms with Gasteiger partial charge in [-0.25, -0.2) is 4.39 Å². The SMILES string of the molecule is Cc1ccc(SCCNC(=O)Cc2cccc(F)c2)cc1. The van der Waals surface area contributed by atoms with E-state index >= 15 is 0 Å². The highest BCUT2D eigenvalue weighted by atomic mass is 32.2. The highest BCUT2D eigenvalue weighted by molar-refractivity contribution is 7.99. The minimum absolute atomic E-state index is 0.0786. The van der Waals surface area contributed by atoms with Gasteiger partial charge in [-0.05, 0) is 36.8 Å². The smallest absolute Gasteiger partial charge is 0.224 e. The van der Waals surface area contributed by atoms with Crippen molar-refractivity contribution < 1.29 is 9.18 Å². The number of halogens is 1. The summed E-state index contributed by atoms with van der Waals surface area (Å²) in [5.74, 6) is 0.429. The summed E-state index contributed by atoms with van der Waals surface area (Å²) in [6.07, 6.45) is 0.215. The van der Waals surface area contributed by atoms with Gasteiger partial charge in [0.2, 0.25) is 5.91 Å². The van der Waals surface area contributed by atoms with E-state index in [1.165, 1.54) is 22.6 Å². The van der Waals surface area contributed by atoms with Crippen molar-refractivity contribution in [1.29, 1.82) is 0 Å². The number of carbonyl (C=O) groups is 1. The zero-order valence-corrected chi connectivity index (χ0v) is 12.8. The number of amides is 1. The lowest BCUT2D eigenvalue weighted by Gasteiger charge is -2.06. The quantitative estimate of drug-likeness (QED) is 0.653. The Morgan fingerprint density at radius 3 is 2.67 bits per heavy atom. The van der Waals surface area contributed by atoms with E-state index in [0.717, 1.165) is 5.75 Å². The first kappa shape index (κ1) is 15.6. The van der Waals surface area contributed by atoms with Crippen LogP contribution in [-0.4, -0.2) is 18.2 Å². The van der Waals surface area contributed by atoms with E-state index in [1.54, 1.807) is 23.9 Å². The zero-order valence-electron chi connectivity index (χ0n) is 11.9. The molecule has 21 heavy (non-hydrogen) atoms. The summed E-state index contributed by atoms with van der Waals surface area (Å²) in [6, 6.07) is 14.4. The highest BCUT2D eigenvalue weighted by Gasteiger charge is 2.03. The third-order valence-corrected chi connectivity index (χ3v) is 3.98. The Kier molecular flexibility index (Phi) is 5.81. The Bertz CT molecular complexity index is 598. The average Bonchev–Trinajstić information content (AvgIpc) is 2.45. The third kappa shape index (κ3) is 5.60. The molecule has 0 aliphatic rings. The Morgan fingerprint density at radius 1 is 1.19 bits per heavy atom. The van der Waals surface area contributed by atoms with Crippen LogP contribution in [0, 0.1) is 12.7 Å². The van der Waals surface area contributed by atoms with Gasteiger partial charge in [0.25, 0.3) is 0 Å². The molecule has 0 atom stereocenters. The number of carbonyl (C=O) groups excluding carboxylic acids is 1. The van der Waals surface area contributed by atoms with Crippen LogP contribution in [0.25, 0.3) is 0 Å². The van der Waals surface area contributed by atoms with Crippen LogP contribution in [0.1, 0.15) is 11.1 Å². The van der Waals surface area contributed by atoms with Crippen molar-refractivity contribution in [1.82, 2.24) is 5.32 Å². The summed E-state index contributed by atoms with van der Waals surface area (Å²) >= 11 is 1.71. The molecule has 0 bridgehead atoms. The molecule has 2 nitrogen and oxygen atoms in total. The highest BCUT2D eigenvalue weighted by Crippen LogP contribution is 2.17. The number of rotatable bonds is 6. The van der Waals surface area contributed by atoms with Crippen LogP contribution in [0.2, 0.25) is 0 Å². The first-order valence-electron chi connectivity index (χ1n) is 6.84. The summed E-state index contributed by atoms with van der Waals surface area (Å²) < 4.78 is 13.0. The number of thioether (sulfide) groups is 1. The summed E-state index contributed by atoms with van der Waals surface area (Å²) in [6.45, 7) is 2.66. The largest absolute Gasteiger partial charge is 0.355 e. The van der Waals surface area contributed by atoms with E-state index in [9.17, 15) is 9.18 Å². The first-order chi connectivity index (χ1) is 10.1. The molecular weight excluding hydrogens is 285 g/mol. The number of nitrogens with one attached hydrogen (secondary N) is 1. The second-order valence-corrected chi connectivity index (χ2v) is 5.99. The molecule has 2 aromatic rings. The number of aryl methyl sites for hydroxylation is 1. The Morgan fingerprint density at radius 2 is 1.95 bits per heavy atom. The predicted octanol–water partition coefficient (Wildman–Crippen LogP) is 3.59. The normalized spacial score (nSPS) is 10.4. The number of hydrogen-bond donors (Lipinski definition) is 1. The molecule has 110 valence electrons. The molecule has 0 spiro atoms. The molecule has 1 N–H and O–H groups in total. The molecule has 0 saturated carbocycles. The maximum absolute atomic E-state index is 13.0. The van der Waals surface area contributed by atoms with E-state index in [-0.39, 0.29) is 18.1 Å². The molecule has 0 heterocycles. The fourth-order valence-corrected chi connectivity index (χ4v) is 2.66. The van der Waals surface area contributed by atoms with E-state index in [2.05, 4.69) is 36.5 Å². The predicted molar refractivity (Wildman–Crippen MR) is 85.0 cm³/mol. The molecular formula is C17H18FNOS. The molecule has 1 amide bonds. The molecule has 0 unspecified atom stereocenters. The molecule has 0 aliphatic carbocycles. The van der Waals surface area contributed by atoms with Gasteiger partial charge in [0.1, 0.15) is 5.82 Å². The average molecular weight is 303 g/mol. The molecule has 2 rings (SSSR count). The van der Waals surface area contributed by atoms with Crippen molar-refractivity contribution >= 4 is 17.7 Å². The van der Waals surface area contributed by atoms with Crippen LogP contribution in [0.15, 0.2) is 53.4 Å². The van der Waals surface area contributed by atoms with Gasteiger partial charge in [-0.2, -0.15) is 0 Å². The van der Waals surface area contributed by atoms with Gasteiger partial charge in [0, 0.05) is 17.2 Å². The lowest BCUT2D eigenvalue weighted by molar-refractivity contribution is -0.120. The van der Waals surface area contributed by atoms with Crippen molar-refractivity contribution in [2.24, 2.45) is 0 Å². The number of benzene rings is 2. The van der Waals surface area contributed by atoms with Gasteiger partial charge < -0.3 is 5.32 Å². The molecule has 2 aromatic carbocycles. The van der Waals surface area contributed by atoms with Crippen molar-refractivity contribution in [2.45, 2.75) is 18.2 Å². The van der Waals surface area contributed by atoms with Crippen LogP contribution < -0.4 is 5.32 Å². The summed E-state index contributed by atoms with van der Waals surface area (Å²) in [5.41, 5.74) is 1.93. The van der Waals surface area contributed by atoms with E-state index in [1.807, 2.05) is 0 Å². The third-order valence-electron chi connectivity index (χ3n) is 2.97. The summed E-state index contributed by atoms with van der Waals surface area (Å²) in [5, 5.41) is 2.85. The van der Waals surface area contributed by atoms with Gasteiger partial charge in [0.15, 0.2) is 0 Å². The molecule has 0 fully saturated rings. The first-order valence-corrected chi connectivity index (χ1v) is 7.82. The minimum Gasteiger partial charge on any atom is -0.355 e. The van der Waals surface area contributed by atoms with Crippen molar-refractivity contribution in [3.8, 4) is 0 Å². The molecule has 0 saturated heterocycles. The monoisotopic (exact) mass is 303 g/mol.